The van der Waals surface area contributed by atoms with E-state index in [1.165, 1.54) is 6.20 Å². The molecule has 1 aromatic heterocycles. The van der Waals surface area contributed by atoms with E-state index in [9.17, 15) is 4.79 Å². The van der Waals surface area contributed by atoms with E-state index in [1.807, 2.05) is 6.07 Å². The lowest BCUT2D eigenvalue weighted by atomic mass is 10.1. The molecule has 0 unspecified atom stereocenters. The number of fused-ring (bicyclic) bond motifs is 1. The zero-order valence-electron chi connectivity index (χ0n) is 7.81. The molecule has 0 fully saturated rings. The van der Waals surface area contributed by atoms with E-state index in [1.54, 1.807) is 18.2 Å². The van der Waals surface area contributed by atoms with E-state index in [4.69, 9.17) is 16.3 Å². The van der Waals surface area contributed by atoms with Gasteiger partial charge in [0.2, 0.25) is 0 Å². The highest BCUT2D eigenvalue weighted by Crippen LogP contribution is 2.20. The molecule has 0 amide bonds. The Morgan fingerprint density at radius 3 is 3.00 bits per heavy atom. The maximum atomic E-state index is 10.6. The molecule has 0 radical (unpaired) electrons. The van der Waals surface area contributed by atoms with Crippen molar-refractivity contribution < 1.29 is 9.53 Å². The Morgan fingerprint density at radius 2 is 2.27 bits per heavy atom. The molecular formula is C11H8ClNO2. The number of ether oxygens (including phenoxy) is 1. The number of carbonyl (C=O) groups is 1. The summed E-state index contributed by atoms with van der Waals surface area (Å²) in [6.45, 7) is 0. The van der Waals surface area contributed by atoms with Crippen LogP contribution in [0.1, 0.15) is 10.4 Å². The predicted octanol–water partition coefficient (Wildman–Crippen LogP) is 2.62. The molecule has 4 heteroatoms. The van der Waals surface area contributed by atoms with Gasteiger partial charge in [0.1, 0.15) is 5.75 Å². The third-order valence-electron chi connectivity index (χ3n) is 2.03. The van der Waals surface area contributed by atoms with Crippen molar-refractivity contribution in [2.45, 2.75) is 0 Å². The van der Waals surface area contributed by atoms with Crippen LogP contribution in [-0.2, 0) is 0 Å². The van der Waals surface area contributed by atoms with Crippen molar-refractivity contribution in [3.63, 3.8) is 0 Å². The maximum Gasteiger partial charge on any atom is 0.162 e. The second-order valence-corrected chi connectivity index (χ2v) is 3.21. The van der Waals surface area contributed by atoms with Crippen molar-refractivity contribution in [1.29, 1.82) is 0 Å². The third kappa shape index (κ3) is 2.07. The van der Waals surface area contributed by atoms with Crippen molar-refractivity contribution in [2.24, 2.45) is 0 Å². The number of hydrogen-bond donors (Lipinski definition) is 0. The molecule has 3 nitrogen and oxygen atoms in total. The first kappa shape index (κ1) is 9.93. The lowest BCUT2D eigenvalue weighted by Gasteiger charge is -2.03. The number of hydrogen-bond acceptors (Lipinski definition) is 3. The number of aromatic nitrogens is 1. The number of pyridine rings is 1. The van der Waals surface area contributed by atoms with Crippen molar-refractivity contribution in [3.8, 4) is 5.75 Å². The zero-order valence-corrected chi connectivity index (χ0v) is 8.57. The van der Waals surface area contributed by atoms with E-state index in [-0.39, 0.29) is 6.07 Å². The molecule has 0 aliphatic rings. The van der Waals surface area contributed by atoms with Crippen LogP contribution >= 0.6 is 11.6 Å². The number of aldehydes is 1. The molecule has 0 spiro atoms. The topological polar surface area (TPSA) is 39.2 Å². The number of carbonyl (C=O) groups excluding carboxylic acids is 1. The van der Waals surface area contributed by atoms with Crippen molar-refractivity contribution >= 4 is 28.8 Å². The minimum absolute atomic E-state index is 0.103. The largest absolute Gasteiger partial charge is 0.478 e. The minimum Gasteiger partial charge on any atom is -0.478 e. The molecule has 0 bridgehead atoms. The first-order valence-electron chi connectivity index (χ1n) is 4.37. The SMILES string of the molecule is O=Cc1cnc2ccc(OCCl)cc2c1. The first-order valence-corrected chi connectivity index (χ1v) is 4.90. The van der Waals surface area contributed by atoms with Gasteiger partial charge in [-0.15, -0.1) is 0 Å². The van der Waals surface area contributed by atoms with Gasteiger partial charge >= 0.3 is 0 Å². The fourth-order valence-corrected chi connectivity index (χ4v) is 1.47. The summed E-state index contributed by atoms with van der Waals surface area (Å²) in [5.41, 5.74) is 1.37. The number of alkyl halides is 1. The van der Waals surface area contributed by atoms with E-state index < -0.39 is 0 Å². The minimum atomic E-state index is 0.103. The first-order chi connectivity index (χ1) is 7.33. The monoisotopic (exact) mass is 221 g/mol. The summed E-state index contributed by atoms with van der Waals surface area (Å²) in [7, 11) is 0. The van der Waals surface area contributed by atoms with Crippen LogP contribution in [0.2, 0.25) is 0 Å². The van der Waals surface area contributed by atoms with E-state index >= 15 is 0 Å². The Kier molecular flexibility index (Phi) is 2.83. The summed E-state index contributed by atoms with van der Waals surface area (Å²) in [6.07, 6.45) is 2.30. The van der Waals surface area contributed by atoms with Crippen LogP contribution in [0, 0.1) is 0 Å². The van der Waals surface area contributed by atoms with Gasteiger partial charge in [0.15, 0.2) is 12.4 Å². The summed E-state index contributed by atoms with van der Waals surface area (Å²) < 4.78 is 5.14. The Hall–Kier alpha value is -1.61. The lowest BCUT2D eigenvalue weighted by Crippen LogP contribution is -1.90. The summed E-state index contributed by atoms with van der Waals surface area (Å²) in [6, 6.07) is 7.28. The zero-order chi connectivity index (χ0) is 10.7. The Balaban J connectivity index is 2.52. The second kappa shape index (κ2) is 4.28. The molecule has 0 saturated heterocycles. The molecule has 0 N–H and O–H groups in total. The second-order valence-electron chi connectivity index (χ2n) is 2.99. The van der Waals surface area contributed by atoms with Gasteiger partial charge in [-0.1, -0.05) is 11.6 Å². The number of benzene rings is 1. The van der Waals surface area contributed by atoms with Gasteiger partial charge in [0.25, 0.3) is 0 Å². The maximum absolute atomic E-state index is 10.6. The predicted molar refractivity (Wildman–Crippen MR) is 58.5 cm³/mol. The summed E-state index contributed by atoms with van der Waals surface area (Å²) >= 11 is 5.45. The fraction of sp³-hybridized carbons (Fsp3) is 0.0909. The summed E-state index contributed by atoms with van der Waals surface area (Å²) in [4.78, 5) is 14.7. The summed E-state index contributed by atoms with van der Waals surface area (Å²) in [5.74, 6) is 0.669. The normalized spacial score (nSPS) is 10.2. The standard InChI is InChI=1S/C11H8ClNO2/c12-7-15-10-1-2-11-9(4-10)3-8(6-14)5-13-11/h1-6H,7H2. The number of rotatable bonds is 3. The van der Waals surface area contributed by atoms with Crippen LogP contribution in [0.15, 0.2) is 30.5 Å². The van der Waals surface area contributed by atoms with Gasteiger partial charge in [-0.25, -0.2) is 0 Å². The van der Waals surface area contributed by atoms with Gasteiger partial charge in [-0.3, -0.25) is 9.78 Å². The lowest BCUT2D eigenvalue weighted by molar-refractivity contribution is 0.112. The smallest absolute Gasteiger partial charge is 0.162 e. The third-order valence-corrected chi connectivity index (χ3v) is 2.14. The summed E-state index contributed by atoms with van der Waals surface area (Å²) in [5, 5.41) is 0.863. The molecule has 2 aromatic rings. The molecule has 0 atom stereocenters. The van der Waals surface area contributed by atoms with Crippen molar-refractivity contribution in [3.05, 3.63) is 36.0 Å². The van der Waals surface area contributed by atoms with Crippen molar-refractivity contribution in [1.82, 2.24) is 4.98 Å². The molecule has 76 valence electrons. The number of nitrogens with zero attached hydrogens (tertiary/aromatic N) is 1. The van der Waals surface area contributed by atoms with Crippen molar-refractivity contribution in [2.75, 3.05) is 6.07 Å². The number of halogens is 1. The molecule has 1 aromatic carbocycles. The van der Waals surface area contributed by atoms with Crippen LogP contribution in [0.5, 0.6) is 5.75 Å². The average Bonchev–Trinajstić information content (AvgIpc) is 2.28. The highest BCUT2D eigenvalue weighted by atomic mass is 35.5. The Labute approximate surface area is 91.6 Å². The van der Waals surface area contributed by atoms with Gasteiger partial charge in [-0.05, 0) is 24.3 Å². The van der Waals surface area contributed by atoms with Crippen LogP contribution in [0.3, 0.4) is 0 Å². The highest BCUT2D eigenvalue weighted by molar-refractivity contribution is 6.17. The Bertz CT molecular complexity index is 499. The Morgan fingerprint density at radius 1 is 1.40 bits per heavy atom. The quantitative estimate of drug-likeness (QED) is 0.591. The van der Waals surface area contributed by atoms with Gasteiger partial charge < -0.3 is 4.74 Å². The van der Waals surface area contributed by atoms with Crippen LogP contribution in [0.4, 0.5) is 0 Å². The molecule has 15 heavy (non-hydrogen) atoms. The van der Waals surface area contributed by atoms with Crippen LogP contribution < -0.4 is 4.74 Å². The van der Waals surface area contributed by atoms with Crippen LogP contribution in [-0.4, -0.2) is 17.3 Å². The van der Waals surface area contributed by atoms with E-state index in [0.29, 0.717) is 11.3 Å². The fourth-order valence-electron chi connectivity index (χ4n) is 1.34. The molecule has 1 heterocycles. The highest BCUT2D eigenvalue weighted by Gasteiger charge is 1.99. The molecule has 0 saturated carbocycles. The molecule has 0 aliphatic carbocycles. The van der Waals surface area contributed by atoms with Gasteiger partial charge in [-0.2, -0.15) is 0 Å². The van der Waals surface area contributed by atoms with Crippen LogP contribution in [0.25, 0.3) is 10.9 Å². The van der Waals surface area contributed by atoms with Gasteiger partial charge in [0, 0.05) is 17.1 Å². The molecular weight excluding hydrogens is 214 g/mol. The van der Waals surface area contributed by atoms with Gasteiger partial charge in [0.05, 0.1) is 5.52 Å². The van der Waals surface area contributed by atoms with E-state index in [2.05, 4.69) is 4.98 Å². The molecule has 0 aliphatic heterocycles. The average molecular weight is 222 g/mol. The van der Waals surface area contributed by atoms with E-state index in [0.717, 1.165) is 17.2 Å². The molecule has 2 rings (SSSR count).